The van der Waals surface area contributed by atoms with Gasteiger partial charge in [-0.2, -0.15) is 49.6 Å². The van der Waals surface area contributed by atoms with Crippen LogP contribution in [0.5, 0.6) is 0 Å². The van der Waals surface area contributed by atoms with Crippen molar-refractivity contribution in [3.05, 3.63) is 93.0 Å². The van der Waals surface area contributed by atoms with E-state index in [2.05, 4.69) is 15.5 Å². The third-order valence-electron chi connectivity index (χ3n) is 13.5. The van der Waals surface area contributed by atoms with Gasteiger partial charge in [0.1, 0.15) is 30.4 Å². The number of aromatic nitrogens is 5. The number of sulfone groups is 1. The molecule has 2 aromatic carbocycles. The number of carbonyl (C=O) groups is 2. The van der Waals surface area contributed by atoms with E-state index in [1.807, 2.05) is 0 Å². The van der Waals surface area contributed by atoms with Crippen LogP contribution in [0.25, 0.3) is 22.0 Å². The summed E-state index contributed by atoms with van der Waals surface area (Å²) < 4.78 is 199. The number of hydrogen-bond acceptors (Lipinski definition) is 10. The number of nitrogens with zero attached hydrogens (tertiary/aromatic N) is 7. The molecule has 2 N–H and O–H groups in total. The summed E-state index contributed by atoms with van der Waals surface area (Å²) in [6.45, 7) is -1.04. The van der Waals surface area contributed by atoms with Crippen molar-refractivity contribution >= 4 is 60.1 Å². The average molecular weight is 1100 g/mol. The van der Waals surface area contributed by atoms with Gasteiger partial charge >= 0.3 is 18.4 Å². The molecule has 396 valence electrons. The van der Waals surface area contributed by atoms with Crippen LogP contribution in [0.4, 0.5) is 54.5 Å². The molecule has 4 heterocycles. The molecule has 0 spiro atoms. The molecule has 15 nitrogen and oxygen atoms in total. The molecule has 2 aliphatic carbocycles. The molecule has 0 bridgehead atoms. The summed E-state index contributed by atoms with van der Waals surface area (Å²) >= 11 is 6.71. The molecule has 1 unspecified atom stereocenters. The van der Waals surface area contributed by atoms with E-state index in [1.165, 1.54) is 26.0 Å². The lowest BCUT2D eigenvalue weighted by molar-refractivity contribution is -0.143. The zero-order valence-electron chi connectivity index (χ0n) is 38.9. The minimum atomic E-state index is -5.21. The summed E-state index contributed by atoms with van der Waals surface area (Å²) in [6, 6.07) is 3.16. The molecule has 1 aliphatic heterocycles. The number of likely N-dealkylation sites (tertiary alicyclic amines) is 1. The van der Waals surface area contributed by atoms with Crippen LogP contribution in [0.3, 0.4) is 0 Å². The Morgan fingerprint density at radius 3 is 2.22 bits per heavy atom. The maximum atomic E-state index is 15.6. The monoisotopic (exact) mass is 1100 g/mol. The molecule has 2 fully saturated rings. The van der Waals surface area contributed by atoms with Crippen molar-refractivity contribution in [2.24, 2.45) is 5.92 Å². The number of fused-ring (bicyclic) bond motifs is 4. The Hall–Kier alpha value is -5.54. The number of aliphatic hydroxyl groups excluding tert-OH is 1. The van der Waals surface area contributed by atoms with Crippen LogP contribution in [0, 0.1) is 17.6 Å². The molecule has 3 aromatic heterocycles. The van der Waals surface area contributed by atoms with E-state index in [9.17, 15) is 66.7 Å². The van der Waals surface area contributed by atoms with Crippen molar-refractivity contribution in [2.45, 2.75) is 106 Å². The second-order valence-corrected chi connectivity index (χ2v) is 24.0. The normalized spacial score (nSPS) is 19.3. The van der Waals surface area contributed by atoms with Gasteiger partial charge in [0, 0.05) is 47.2 Å². The zero-order valence-corrected chi connectivity index (χ0v) is 41.3. The highest BCUT2D eigenvalue weighted by molar-refractivity contribution is 7.93. The number of nitrogens with one attached hydrogen (secondary N) is 1. The lowest BCUT2D eigenvalue weighted by atomic mass is 9.93. The summed E-state index contributed by atoms with van der Waals surface area (Å²) in [7, 11) is -8.53. The number of amides is 3. The molecule has 5 aromatic rings. The highest BCUT2D eigenvalue weighted by Crippen LogP contribution is 2.68. The van der Waals surface area contributed by atoms with E-state index in [4.69, 9.17) is 16.6 Å². The number of aryl methyl sites for hydroxylation is 1. The summed E-state index contributed by atoms with van der Waals surface area (Å²) in [6.07, 6.45) is -9.35. The Morgan fingerprint density at radius 2 is 1.62 bits per heavy atom. The Balaban J connectivity index is 1.34. The number of carbonyl (C=O) groups excluding carboxylic acids is 2. The predicted octanol–water partition coefficient (Wildman–Crippen LogP) is 8.22. The third kappa shape index (κ3) is 10.5. The Kier molecular flexibility index (Phi) is 13.8. The van der Waals surface area contributed by atoms with E-state index < -0.39 is 155 Å². The minimum absolute atomic E-state index is 0.0584. The van der Waals surface area contributed by atoms with Crippen LogP contribution in [-0.2, 0) is 62.7 Å². The fourth-order valence-electron chi connectivity index (χ4n) is 9.60. The van der Waals surface area contributed by atoms with Crippen molar-refractivity contribution in [1.82, 2.24) is 34.8 Å². The smallest absolute Gasteiger partial charge is 0.394 e. The molecule has 1 saturated carbocycles. The maximum absolute atomic E-state index is 15.6. The number of urea groups is 1. The van der Waals surface area contributed by atoms with Gasteiger partial charge in [0.15, 0.2) is 21.3 Å². The first-order valence-corrected chi connectivity index (χ1v) is 26.5. The van der Waals surface area contributed by atoms with E-state index in [0.29, 0.717) is 23.4 Å². The van der Waals surface area contributed by atoms with E-state index in [-0.39, 0.29) is 69.3 Å². The van der Waals surface area contributed by atoms with Crippen LogP contribution in [-0.4, -0.2) is 106 Å². The van der Waals surface area contributed by atoms with Crippen LogP contribution in [0.15, 0.2) is 42.5 Å². The molecule has 8 rings (SSSR count). The standard InChI is InChI=1S/C45H45ClF10N8O7S2/c1-42(2,72(3,68)69)12-11-25-7-8-27(28-9-10-31(46)35-37(28)63(21-43(49,50)51)60-40(35)64(73(4,70)71)41(67)61-13-5-6-26(61)20-65)36(57-25)32(16-22-14-23(47)17-24(48)15-22)58-33(66)19-62-39-34(38(59-62)45(54,55)56)29-18-30(29)44(39,52)53/h7-10,14-15,17,26,29-30,32,65H,5-6,11-13,16,18-21H2,1-4H3,(H,58,66)/t26-,29?,30+,32-/m0/s1. The Bertz CT molecular complexity index is 3250. The maximum Gasteiger partial charge on any atom is 0.435 e. The quantitative estimate of drug-likeness (QED) is 0.0967. The highest BCUT2D eigenvalue weighted by atomic mass is 35.5. The molecular formula is C45H45ClF10N8O7S2. The first-order chi connectivity index (χ1) is 33.7. The molecular weight excluding hydrogens is 1050 g/mol. The fraction of sp³-hybridized carbons (Fsp3) is 0.489. The molecule has 1 saturated heterocycles. The van der Waals surface area contributed by atoms with Gasteiger partial charge in [-0.15, -0.1) is 0 Å². The average Bonchev–Trinajstić information content (AvgIpc) is 3.47. The van der Waals surface area contributed by atoms with Crippen molar-refractivity contribution in [3.63, 3.8) is 0 Å². The predicted molar refractivity (Wildman–Crippen MR) is 244 cm³/mol. The summed E-state index contributed by atoms with van der Waals surface area (Å²) in [5.41, 5.74) is -5.12. The van der Waals surface area contributed by atoms with Crippen molar-refractivity contribution < 1.29 is 75.4 Å². The number of rotatable bonds is 15. The molecule has 73 heavy (non-hydrogen) atoms. The van der Waals surface area contributed by atoms with Gasteiger partial charge in [-0.3, -0.25) is 19.1 Å². The number of benzene rings is 2. The third-order valence-corrected chi connectivity index (χ3v) is 17.0. The largest absolute Gasteiger partial charge is 0.435 e. The lowest BCUT2D eigenvalue weighted by Crippen LogP contribution is -2.49. The number of sulfonamides is 1. The van der Waals surface area contributed by atoms with Gasteiger partial charge in [-0.25, -0.2) is 30.4 Å². The lowest BCUT2D eigenvalue weighted by Gasteiger charge is -2.28. The van der Waals surface area contributed by atoms with Gasteiger partial charge in [0.25, 0.3) is 5.92 Å². The number of hydrogen-bond donors (Lipinski definition) is 2. The first-order valence-electron chi connectivity index (χ1n) is 22.4. The van der Waals surface area contributed by atoms with Crippen molar-refractivity contribution in [3.8, 4) is 11.1 Å². The fourth-order valence-corrected chi connectivity index (χ4v) is 11.1. The number of aliphatic hydroxyl groups is 1. The number of anilines is 1. The molecule has 3 amide bonds. The Morgan fingerprint density at radius 1 is 0.959 bits per heavy atom. The molecule has 28 heteroatoms. The van der Waals surface area contributed by atoms with Gasteiger partial charge in [-0.1, -0.05) is 23.7 Å². The van der Waals surface area contributed by atoms with Crippen LogP contribution in [0.1, 0.15) is 85.4 Å². The Labute approximate surface area is 415 Å². The van der Waals surface area contributed by atoms with E-state index in [1.54, 1.807) is 0 Å². The highest BCUT2D eigenvalue weighted by Gasteiger charge is 2.68. The summed E-state index contributed by atoms with van der Waals surface area (Å²) in [5, 5.41) is 18.9. The topological polar surface area (TPSA) is 190 Å². The van der Waals surface area contributed by atoms with Crippen molar-refractivity contribution in [2.75, 3.05) is 30.0 Å². The summed E-state index contributed by atoms with van der Waals surface area (Å²) in [4.78, 5) is 34.1. The molecule has 4 atom stereocenters. The summed E-state index contributed by atoms with van der Waals surface area (Å²) in [5.74, 6) is -10.9. The van der Waals surface area contributed by atoms with Crippen LogP contribution < -0.4 is 9.62 Å². The minimum Gasteiger partial charge on any atom is -0.394 e. The second kappa shape index (κ2) is 18.7. The SMILES string of the molecule is CC(C)(CCc1ccc(-c2ccc(Cl)c3c(N(C(=O)N4CCC[C@H]4CO)S(C)(=O)=O)nn(CC(F)(F)F)c23)c([C@H](Cc2cc(F)cc(F)c2)NC(=O)Cn2nc(C(F)(F)F)c3c2C(F)(F)[C@@H]2CC32)n1)S(C)(=O)=O. The number of pyridine rings is 1. The number of halogens is 11. The second-order valence-electron chi connectivity index (χ2n) is 19.1. The van der Waals surface area contributed by atoms with Crippen LogP contribution in [0.2, 0.25) is 5.02 Å². The van der Waals surface area contributed by atoms with Gasteiger partial charge in [-0.05, 0) is 88.1 Å². The van der Waals surface area contributed by atoms with Crippen molar-refractivity contribution in [1.29, 1.82) is 0 Å². The van der Waals surface area contributed by atoms with E-state index >= 15 is 8.78 Å². The van der Waals surface area contributed by atoms with Gasteiger partial charge in [0.2, 0.25) is 15.9 Å². The molecule has 3 aliphatic rings. The first kappa shape index (κ1) is 53.7. The van der Waals surface area contributed by atoms with Gasteiger partial charge in [0.05, 0.1) is 51.3 Å². The zero-order chi connectivity index (χ0) is 53.7. The van der Waals surface area contributed by atoms with E-state index in [0.717, 1.165) is 35.4 Å². The molecule has 0 radical (unpaired) electrons. The van der Waals surface area contributed by atoms with Crippen LogP contribution >= 0.6 is 11.6 Å². The van der Waals surface area contributed by atoms with Gasteiger partial charge < -0.3 is 15.3 Å². The number of alkyl halides is 8.